The number of non-ortho nitro benzene ring substituents is 1. The summed E-state index contributed by atoms with van der Waals surface area (Å²) >= 11 is 0. The molecule has 2 saturated heterocycles. The molecule has 2 aliphatic heterocycles. The molecule has 3 aromatic carbocycles. The molecule has 2 amide bonds. The van der Waals surface area contributed by atoms with Gasteiger partial charge in [0.15, 0.2) is 11.5 Å². The predicted molar refractivity (Wildman–Crippen MR) is 240 cm³/mol. The van der Waals surface area contributed by atoms with Crippen LogP contribution in [0.4, 0.5) is 10.5 Å². The summed E-state index contributed by atoms with van der Waals surface area (Å²) in [6, 6.07) is 15.4. The van der Waals surface area contributed by atoms with Gasteiger partial charge in [-0.25, -0.2) is 19.1 Å². The van der Waals surface area contributed by atoms with Crippen molar-refractivity contribution >= 4 is 45.6 Å². The fourth-order valence-corrected chi connectivity index (χ4v) is 8.60. The van der Waals surface area contributed by atoms with Crippen molar-refractivity contribution in [1.82, 2.24) is 19.2 Å². The molecule has 0 aliphatic carbocycles. The van der Waals surface area contributed by atoms with Crippen LogP contribution in [0.25, 0.3) is 0 Å². The van der Waals surface area contributed by atoms with E-state index < -0.39 is 68.5 Å². The molecule has 3 aromatic rings. The van der Waals surface area contributed by atoms with E-state index in [0.717, 1.165) is 17.7 Å². The van der Waals surface area contributed by atoms with Gasteiger partial charge in [0.05, 0.1) is 24.7 Å². The number of rotatable bonds is 21. The maximum Gasteiger partial charge on any atom is 0.418 e. The standard InChI is InChI=1S/C46H59N5O14S/c1-7-46(3,4)41(52)42(53)49-23-9-8-13-37(49)44(55)64-38(20-14-31-15-21-39(61-5)40(26-31)62-6)33-11-10-12-36(27-33)63-24-22-47-66(59,60)48-28-35-25-30(2)29-50(35)45(56)65-43(54)32-16-18-34(19-17-32)51(57)58/h10-12,15-19,21,26-27,30,35,37-38,47-48H,7-9,13-14,20,22-25,28-29H2,1-6H3/t30-,35-,37-,38+/m0/s1. The largest absolute Gasteiger partial charge is 0.493 e. The lowest BCUT2D eigenvalue weighted by Gasteiger charge is -2.36. The summed E-state index contributed by atoms with van der Waals surface area (Å²) in [7, 11) is -1.01. The highest BCUT2D eigenvalue weighted by Crippen LogP contribution is 2.33. The van der Waals surface area contributed by atoms with E-state index in [1.54, 1.807) is 51.3 Å². The highest BCUT2D eigenvalue weighted by atomic mass is 32.2. The normalized spacial score (nSPS) is 17.9. The van der Waals surface area contributed by atoms with Crippen molar-refractivity contribution in [2.24, 2.45) is 11.3 Å². The third kappa shape index (κ3) is 13.5. The van der Waals surface area contributed by atoms with Crippen LogP contribution in [0.3, 0.4) is 0 Å². The topological polar surface area (TPSA) is 239 Å². The van der Waals surface area contributed by atoms with E-state index in [9.17, 15) is 42.5 Å². The van der Waals surface area contributed by atoms with Crippen LogP contribution in [0.2, 0.25) is 0 Å². The number of amides is 2. The van der Waals surface area contributed by atoms with Crippen molar-refractivity contribution in [1.29, 1.82) is 0 Å². The SMILES string of the molecule is CCC(C)(C)C(=O)C(=O)N1CCCC[C@H]1C(=O)O[C@H](CCc1ccc(OC)c(OC)c1)c1cccc(OCCNS(=O)(=O)NC[C@@H]2C[C@H](C)CN2C(=O)OC(=O)c2ccc([N+](=O)[O-])cc2)c1. The number of hydrogen-bond acceptors (Lipinski definition) is 14. The van der Waals surface area contributed by atoms with Crippen molar-refractivity contribution in [2.45, 2.75) is 90.8 Å². The molecule has 0 spiro atoms. The minimum absolute atomic E-state index is 0.0206. The quantitative estimate of drug-likeness (QED) is 0.0325. The first-order chi connectivity index (χ1) is 31.4. The minimum atomic E-state index is -4.09. The van der Waals surface area contributed by atoms with Gasteiger partial charge in [0.2, 0.25) is 5.78 Å². The second kappa shape index (κ2) is 22.9. The first-order valence-corrected chi connectivity index (χ1v) is 23.4. The zero-order valence-electron chi connectivity index (χ0n) is 38.1. The first kappa shape index (κ1) is 50.9. The number of ether oxygens (including phenoxy) is 5. The number of carbonyl (C=O) groups excluding carboxylic acids is 5. The maximum absolute atomic E-state index is 14.0. The van der Waals surface area contributed by atoms with Gasteiger partial charge in [-0.2, -0.15) is 13.1 Å². The van der Waals surface area contributed by atoms with E-state index >= 15 is 0 Å². The molecule has 4 atom stereocenters. The van der Waals surface area contributed by atoms with Crippen molar-refractivity contribution < 1.29 is 61.0 Å². The van der Waals surface area contributed by atoms with E-state index in [0.29, 0.717) is 67.8 Å². The lowest BCUT2D eigenvalue weighted by molar-refractivity contribution is -0.384. The molecule has 2 fully saturated rings. The maximum atomic E-state index is 14.0. The molecule has 2 aliphatic rings. The molecule has 0 saturated carbocycles. The minimum Gasteiger partial charge on any atom is -0.493 e. The summed E-state index contributed by atoms with van der Waals surface area (Å²) in [5.74, 6) is -1.44. The number of nitrogens with zero attached hydrogens (tertiary/aromatic N) is 3. The Labute approximate surface area is 384 Å². The van der Waals surface area contributed by atoms with Gasteiger partial charge in [0, 0.05) is 49.8 Å². The number of likely N-dealkylation sites (tertiary alicyclic amines) is 2. The molecule has 0 unspecified atom stereocenters. The number of aryl methyl sites for hydroxylation is 1. The Bertz CT molecular complexity index is 2340. The van der Waals surface area contributed by atoms with E-state index in [4.69, 9.17) is 23.7 Å². The third-order valence-corrected chi connectivity index (χ3v) is 13.0. The number of carbonyl (C=O) groups is 5. The van der Waals surface area contributed by atoms with Crippen LogP contribution in [0.1, 0.15) is 93.8 Å². The van der Waals surface area contributed by atoms with Crippen molar-refractivity contribution in [3.63, 3.8) is 0 Å². The van der Waals surface area contributed by atoms with Gasteiger partial charge in [-0.15, -0.1) is 0 Å². The van der Waals surface area contributed by atoms with Crippen LogP contribution >= 0.6 is 0 Å². The van der Waals surface area contributed by atoms with E-state index in [2.05, 4.69) is 9.44 Å². The first-order valence-electron chi connectivity index (χ1n) is 21.9. The van der Waals surface area contributed by atoms with Gasteiger partial charge in [0.25, 0.3) is 21.8 Å². The van der Waals surface area contributed by atoms with Crippen LogP contribution in [0.5, 0.6) is 17.2 Å². The number of benzene rings is 3. The summed E-state index contributed by atoms with van der Waals surface area (Å²) in [6.45, 7) is 7.19. The number of methoxy groups -OCH3 is 2. The van der Waals surface area contributed by atoms with Crippen molar-refractivity contribution in [3.05, 3.63) is 93.5 Å². The summed E-state index contributed by atoms with van der Waals surface area (Å²) in [6.07, 6.45) is 1.56. The lowest BCUT2D eigenvalue weighted by Crippen LogP contribution is -2.53. The molecule has 0 aromatic heterocycles. The molecule has 66 heavy (non-hydrogen) atoms. The van der Waals surface area contributed by atoms with Gasteiger partial charge in [-0.3, -0.25) is 19.7 Å². The predicted octanol–water partition coefficient (Wildman–Crippen LogP) is 5.71. The van der Waals surface area contributed by atoms with Crippen LogP contribution < -0.4 is 23.7 Å². The highest BCUT2D eigenvalue weighted by molar-refractivity contribution is 7.87. The van der Waals surface area contributed by atoms with Crippen LogP contribution in [-0.2, 0) is 40.5 Å². The molecule has 20 heteroatoms. The molecule has 2 N–H and O–H groups in total. The number of piperidine rings is 1. The molecular formula is C46H59N5O14S. The van der Waals surface area contributed by atoms with Crippen molar-refractivity contribution in [2.75, 3.05) is 47.0 Å². The zero-order chi connectivity index (χ0) is 48.2. The van der Waals surface area contributed by atoms with E-state index in [1.807, 2.05) is 26.0 Å². The molecule has 19 nitrogen and oxygen atoms in total. The monoisotopic (exact) mass is 937 g/mol. The Morgan fingerprint density at radius 3 is 2.35 bits per heavy atom. The molecular weight excluding hydrogens is 879 g/mol. The summed E-state index contributed by atoms with van der Waals surface area (Å²) in [5.41, 5.74) is 0.286. The molecule has 358 valence electrons. The van der Waals surface area contributed by atoms with Gasteiger partial charge in [-0.1, -0.05) is 45.9 Å². The Balaban J connectivity index is 1.20. The fraction of sp³-hybridized carbons (Fsp3) is 0.500. The average molecular weight is 938 g/mol. The zero-order valence-corrected chi connectivity index (χ0v) is 38.9. The second-order valence-electron chi connectivity index (χ2n) is 17.0. The summed E-state index contributed by atoms with van der Waals surface area (Å²) in [4.78, 5) is 79.3. The van der Waals surface area contributed by atoms with E-state index in [1.165, 1.54) is 29.0 Å². The highest BCUT2D eigenvalue weighted by Gasteiger charge is 2.41. The molecule has 0 bridgehead atoms. The summed E-state index contributed by atoms with van der Waals surface area (Å²) < 4.78 is 58.9. The Kier molecular flexibility index (Phi) is 17.6. The van der Waals surface area contributed by atoms with Crippen LogP contribution in [0.15, 0.2) is 66.7 Å². The van der Waals surface area contributed by atoms with Crippen LogP contribution in [0, 0.1) is 21.4 Å². The number of ketones is 1. The molecule has 5 rings (SSSR count). The number of nitro groups is 1. The van der Waals surface area contributed by atoms with E-state index in [-0.39, 0.29) is 50.0 Å². The van der Waals surface area contributed by atoms with Gasteiger partial charge in [-0.05, 0) is 98.4 Å². The molecule has 0 radical (unpaired) electrons. The Morgan fingerprint density at radius 2 is 1.67 bits per heavy atom. The third-order valence-electron chi connectivity index (χ3n) is 11.9. The lowest BCUT2D eigenvalue weighted by atomic mass is 9.84. The summed E-state index contributed by atoms with van der Waals surface area (Å²) in [5, 5.41) is 10.9. The number of esters is 2. The second-order valence-corrected chi connectivity index (χ2v) is 18.6. The smallest absolute Gasteiger partial charge is 0.418 e. The average Bonchev–Trinajstić information content (AvgIpc) is 3.70. The van der Waals surface area contributed by atoms with Gasteiger partial charge in [0.1, 0.15) is 24.5 Å². The van der Waals surface area contributed by atoms with Crippen molar-refractivity contribution in [3.8, 4) is 17.2 Å². The number of hydrogen-bond donors (Lipinski definition) is 2. The van der Waals surface area contributed by atoms with Gasteiger partial charge >= 0.3 is 18.0 Å². The number of Topliss-reactive ketones (excluding diaryl/α,β-unsaturated/α-hetero) is 1. The number of nitrogens with one attached hydrogen (secondary N) is 2. The number of nitro benzene ring substituents is 1. The van der Waals surface area contributed by atoms with Crippen LogP contribution in [-0.4, -0.2) is 112 Å². The fourth-order valence-electron chi connectivity index (χ4n) is 7.74. The Hall–Kier alpha value is -6.12. The Morgan fingerprint density at radius 1 is 0.939 bits per heavy atom. The van der Waals surface area contributed by atoms with Gasteiger partial charge < -0.3 is 33.5 Å². The molecule has 2 heterocycles.